The van der Waals surface area contributed by atoms with Crippen molar-refractivity contribution in [2.75, 3.05) is 0 Å². The van der Waals surface area contributed by atoms with Crippen LogP contribution in [0, 0.1) is 0 Å². The van der Waals surface area contributed by atoms with Crippen LogP contribution in [0.2, 0.25) is 0 Å². The molecule has 0 aliphatic carbocycles. The van der Waals surface area contributed by atoms with Crippen molar-refractivity contribution < 1.29 is 18.0 Å². The van der Waals surface area contributed by atoms with Gasteiger partial charge in [0.1, 0.15) is 0 Å². The molecular formula is C20H18F3NO. The maximum Gasteiger partial charge on any atom is 0.416 e. The van der Waals surface area contributed by atoms with Gasteiger partial charge in [-0.2, -0.15) is 13.2 Å². The highest BCUT2D eigenvalue weighted by Gasteiger charge is 2.30. The standard InChI is InChI=1S/C20H18F3NO/c1-3-12(2)13-7-8-18-16(10-13)17(11-25)19(24-18)14-5-4-6-15(9-14)20(21,22)23/h4-12,24H,3H2,1-2H3. The second kappa shape index (κ2) is 6.39. The molecule has 0 aliphatic heterocycles. The van der Waals surface area contributed by atoms with Crippen molar-refractivity contribution >= 4 is 17.2 Å². The normalized spacial score (nSPS) is 13.2. The zero-order chi connectivity index (χ0) is 18.2. The Bertz CT molecular complexity index is 924. The molecule has 1 atom stereocenters. The van der Waals surface area contributed by atoms with E-state index in [1.807, 2.05) is 18.2 Å². The van der Waals surface area contributed by atoms with Crippen molar-refractivity contribution in [1.82, 2.24) is 4.98 Å². The fourth-order valence-electron chi connectivity index (χ4n) is 2.97. The van der Waals surface area contributed by atoms with Gasteiger partial charge < -0.3 is 4.98 Å². The Kier molecular flexibility index (Phi) is 4.41. The van der Waals surface area contributed by atoms with Gasteiger partial charge in [-0.3, -0.25) is 4.79 Å². The number of fused-ring (bicyclic) bond motifs is 1. The minimum absolute atomic E-state index is 0.343. The largest absolute Gasteiger partial charge is 0.416 e. The summed E-state index contributed by atoms with van der Waals surface area (Å²) in [6.45, 7) is 4.18. The van der Waals surface area contributed by atoms with Gasteiger partial charge in [0.25, 0.3) is 0 Å². The third-order valence-electron chi connectivity index (χ3n) is 4.64. The van der Waals surface area contributed by atoms with E-state index in [2.05, 4.69) is 18.8 Å². The number of aldehydes is 1. The molecule has 5 heteroatoms. The zero-order valence-corrected chi connectivity index (χ0v) is 13.9. The number of alkyl halides is 3. The molecule has 0 amide bonds. The molecule has 0 saturated carbocycles. The van der Waals surface area contributed by atoms with Crippen LogP contribution in [-0.2, 0) is 6.18 Å². The summed E-state index contributed by atoms with van der Waals surface area (Å²) >= 11 is 0. The van der Waals surface area contributed by atoms with E-state index >= 15 is 0 Å². The van der Waals surface area contributed by atoms with Gasteiger partial charge in [-0.15, -0.1) is 0 Å². The number of hydrogen-bond donors (Lipinski definition) is 1. The lowest BCUT2D eigenvalue weighted by Gasteiger charge is -2.09. The van der Waals surface area contributed by atoms with E-state index in [0.717, 1.165) is 35.0 Å². The lowest BCUT2D eigenvalue weighted by Crippen LogP contribution is -2.04. The number of benzene rings is 2. The van der Waals surface area contributed by atoms with Gasteiger partial charge in [0.15, 0.2) is 6.29 Å². The molecule has 3 rings (SSSR count). The topological polar surface area (TPSA) is 32.9 Å². The number of aromatic amines is 1. The SMILES string of the molecule is CCC(C)c1ccc2[nH]c(-c3cccc(C(F)(F)F)c3)c(C=O)c2c1. The minimum Gasteiger partial charge on any atom is -0.354 e. The van der Waals surface area contributed by atoms with E-state index in [1.165, 1.54) is 6.07 Å². The summed E-state index contributed by atoms with van der Waals surface area (Å²) in [5, 5.41) is 0.736. The molecule has 1 unspecified atom stereocenters. The summed E-state index contributed by atoms with van der Waals surface area (Å²) in [7, 11) is 0. The summed E-state index contributed by atoms with van der Waals surface area (Å²) in [5.41, 5.74) is 2.25. The Balaban J connectivity index is 2.19. The molecule has 1 N–H and O–H groups in total. The van der Waals surface area contributed by atoms with Gasteiger partial charge in [-0.05, 0) is 47.7 Å². The first kappa shape index (κ1) is 17.3. The van der Waals surface area contributed by atoms with Crippen LogP contribution < -0.4 is 0 Å². The second-order valence-electron chi connectivity index (χ2n) is 6.22. The van der Waals surface area contributed by atoms with Crippen LogP contribution in [0.3, 0.4) is 0 Å². The molecule has 0 aliphatic rings. The number of halogens is 3. The first-order valence-electron chi connectivity index (χ1n) is 8.13. The first-order chi connectivity index (χ1) is 11.8. The molecule has 3 aromatic rings. The molecule has 2 aromatic carbocycles. The fraction of sp³-hybridized carbons (Fsp3) is 0.250. The molecular weight excluding hydrogens is 327 g/mol. The Morgan fingerprint density at radius 3 is 2.56 bits per heavy atom. The average molecular weight is 345 g/mol. The predicted molar refractivity (Wildman–Crippen MR) is 92.8 cm³/mol. The lowest BCUT2D eigenvalue weighted by atomic mass is 9.96. The quantitative estimate of drug-likeness (QED) is 0.563. The van der Waals surface area contributed by atoms with Crippen molar-refractivity contribution in [3.63, 3.8) is 0 Å². The van der Waals surface area contributed by atoms with Crippen LogP contribution in [0.25, 0.3) is 22.2 Å². The highest BCUT2D eigenvalue weighted by molar-refractivity contribution is 6.04. The summed E-state index contributed by atoms with van der Waals surface area (Å²) in [5.74, 6) is 0.343. The first-order valence-corrected chi connectivity index (χ1v) is 8.13. The lowest BCUT2D eigenvalue weighted by molar-refractivity contribution is -0.137. The Hall–Kier alpha value is -2.56. The third kappa shape index (κ3) is 3.18. The Labute approximate surface area is 143 Å². The highest BCUT2D eigenvalue weighted by Crippen LogP contribution is 2.35. The van der Waals surface area contributed by atoms with Crippen LogP contribution in [0.1, 0.15) is 47.7 Å². The molecule has 25 heavy (non-hydrogen) atoms. The third-order valence-corrected chi connectivity index (χ3v) is 4.64. The van der Waals surface area contributed by atoms with Crippen molar-refractivity contribution in [2.45, 2.75) is 32.4 Å². The number of carbonyl (C=O) groups excluding carboxylic acids is 1. The van der Waals surface area contributed by atoms with E-state index in [-0.39, 0.29) is 0 Å². The van der Waals surface area contributed by atoms with Gasteiger partial charge in [-0.1, -0.05) is 32.0 Å². The van der Waals surface area contributed by atoms with Crippen molar-refractivity contribution in [3.8, 4) is 11.3 Å². The Morgan fingerprint density at radius 1 is 1.16 bits per heavy atom. The molecule has 2 nitrogen and oxygen atoms in total. The summed E-state index contributed by atoms with van der Waals surface area (Å²) in [4.78, 5) is 14.8. The van der Waals surface area contributed by atoms with Crippen LogP contribution in [0.4, 0.5) is 13.2 Å². The van der Waals surface area contributed by atoms with Crippen LogP contribution >= 0.6 is 0 Å². The number of hydrogen-bond acceptors (Lipinski definition) is 1. The fourth-order valence-corrected chi connectivity index (χ4v) is 2.97. The van der Waals surface area contributed by atoms with E-state index in [9.17, 15) is 18.0 Å². The number of nitrogens with one attached hydrogen (secondary N) is 1. The van der Waals surface area contributed by atoms with E-state index < -0.39 is 11.7 Å². The van der Waals surface area contributed by atoms with Gasteiger partial charge in [-0.25, -0.2) is 0 Å². The van der Waals surface area contributed by atoms with Crippen molar-refractivity contribution in [1.29, 1.82) is 0 Å². The maximum atomic E-state index is 13.0. The minimum atomic E-state index is -4.42. The summed E-state index contributed by atoms with van der Waals surface area (Å²) in [6.07, 6.45) is -2.76. The molecule has 0 spiro atoms. The maximum absolute atomic E-state index is 13.0. The van der Waals surface area contributed by atoms with Crippen LogP contribution in [0.5, 0.6) is 0 Å². The van der Waals surface area contributed by atoms with E-state index in [4.69, 9.17) is 0 Å². The van der Waals surface area contributed by atoms with Gasteiger partial charge in [0.05, 0.1) is 11.3 Å². The van der Waals surface area contributed by atoms with Crippen LogP contribution in [-0.4, -0.2) is 11.3 Å². The molecule has 0 bridgehead atoms. The number of carbonyl (C=O) groups is 1. The van der Waals surface area contributed by atoms with Gasteiger partial charge in [0.2, 0.25) is 0 Å². The predicted octanol–water partition coefficient (Wildman–Crippen LogP) is 6.18. The monoisotopic (exact) mass is 345 g/mol. The molecule has 1 aromatic heterocycles. The number of rotatable bonds is 4. The molecule has 130 valence electrons. The molecule has 1 heterocycles. The Morgan fingerprint density at radius 2 is 1.92 bits per heavy atom. The van der Waals surface area contributed by atoms with Crippen molar-refractivity contribution in [2.24, 2.45) is 0 Å². The molecule has 0 fully saturated rings. The van der Waals surface area contributed by atoms with Gasteiger partial charge >= 0.3 is 6.18 Å². The summed E-state index contributed by atoms with van der Waals surface area (Å²) in [6, 6.07) is 10.8. The van der Waals surface area contributed by atoms with Crippen LogP contribution in [0.15, 0.2) is 42.5 Å². The molecule has 0 saturated heterocycles. The number of aromatic nitrogens is 1. The van der Waals surface area contributed by atoms with E-state index in [1.54, 1.807) is 6.07 Å². The van der Waals surface area contributed by atoms with Crippen molar-refractivity contribution in [3.05, 3.63) is 59.2 Å². The zero-order valence-electron chi connectivity index (χ0n) is 13.9. The van der Waals surface area contributed by atoms with Gasteiger partial charge in [0, 0.05) is 16.5 Å². The highest BCUT2D eigenvalue weighted by atomic mass is 19.4. The molecule has 0 radical (unpaired) electrons. The smallest absolute Gasteiger partial charge is 0.354 e. The van der Waals surface area contributed by atoms with E-state index in [0.29, 0.717) is 29.0 Å². The summed E-state index contributed by atoms with van der Waals surface area (Å²) < 4.78 is 38.9. The average Bonchev–Trinajstić information content (AvgIpc) is 2.98. The number of H-pyrrole nitrogens is 1. The second-order valence-corrected chi connectivity index (χ2v) is 6.22.